The van der Waals surface area contributed by atoms with Gasteiger partial charge in [0, 0.05) is 12.8 Å². The van der Waals surface area contributed by atoms with E-state index in [2.05, 4.69) is 38.2 Å². The van der Waals surface area contributed by atoms with Gasteiger partial charge in [0.05, 0.1) is 6.61 Å². The Hall–Kier alpha value is -1.62. The molecule has 0 aromatic carbocycles. The number of aliphatic hydroxyl groups is 1. The monoisotopic (exact) mass is 985 g/mol. The summed E-state index contributed by atoms with van der Waals surface area (Å²) in [6.07, 6.45) is 79.1. The molecule has 1 N–H and O–H groups in total. The van der Waals surface area contributed by atoms with Crippen LogP contribution in [-0.2, 0) is 19.1 Å². The molecule has 0 aromatic rings. The lowest BCUT2D eigenvalue weighted by Crippen LogP contribution is -2.28. The summed E-state index contributed by atoms with van der Waals surface area (Å²) in [5, 5.41) is 9.66. The number of carbonyl (C=O) groups is 2. The van der Waals surface area contributed by atoms with E-state index in [1.54, 1.807) is 0 Å². The van der Waals surface area contributed by atoms with Gasteiger partial charge in [0.15, 0.2) is 6.10 Å². The Balaban J connectivity index is 3.37. The van der Waals surface area contributed by atoms with Crippen molar-refractivity contribution in [2.24, 2.45) is 0 Å². The van der Waals surface area contributed by atoms with Gasteiger partial charge in [0.25, 0.3) is 0 Å². The van der Waals surface area contributed by atoms with E-state index in [1.165, 1.54) is 295 Å². The molecule has 0 rings (SSSR count). The quantitative estimate of drug-likeness (QED) is 0.0373. The van der Waals surface area contributed by atoms with Crippen LogP contribution in [0.1, 0.15) is 361 Å². The zero-order valence-electron chi connectivity index (χ0n) is 47.6. The fraction of sp³-hybridized carbons (Fsp3) is 0.908. The highest BCUT2D eigenvalue weighted by atomic mass is 16.6. The number of rotatable bonds is 60. The Morgan fingerprint density at radius 3 is 0.771 bits per heavy atom. The van der Waals surface area contributed by atoms with Gasteiger partial charge < -0.3 is 14.6 Å². The van der Waals surface area contributed by atoms with Crippen LogP contribution in [0.3, 0.4) is 0 Å². The number of hydrogen-bond donors (Lipinski definition) is 1. The molecule has 0 aliphatic heterocycles. The molecule has 0 saturated carbocycles. The summed E-state index contributed by atoms with van der Waals surface area (Å²) in [6, 6.07) is 0. The fourth-order valence-corrected chi connectivity index (χ4v) is 9.90. The number of carbonyl (C=O) groups excluding carboxylic acids is 2. The van der Waals surface area contributed by atoms with Crippen LogP contribution in [-0.4, -0.2) is 36.4 Å². The first kappa shape index (κ1) is 68.4. The summed E-state index contributed by atoms with van der Waals surface area (Å²) in [4.78, 5) is 24.5. The number of ether oxygens (including phenoxy) is 2. The number of unbranched alkanes of at least 4 members (excludes halogenated alkanes) is 48. The van der Waals surface area contributed by atoms with Gasteiger partial charge in [-0.05, 0) is 64.2 Å². The average molecular weight is 986 g/mol. The van der Waals surface area contributed by atoms with E-state index in [9.17, 15) is 14.7 Å². The van der Waals surface area contributed by atoms with Crippen LogP contribution in [0.2, 0.25) is 0 Å². The van der Waals surface area contributed by atoms with Gasteiger partial charge in [-0.15, -0.1) is 0 Å². The summed E-state index contributed by atoms with van der Waals surface area (Å²) >= 11 is 0. The Morgan fingerprint density at radius 1 is 0.314 bits per heavy atom. The molecule has 0 radical (unpaired) electrons. The highest BCUT2D eigenvalue weighted by Gasteiger charge is 2.16. The molecule has 0 bridgehead atoms. The summed E-state index contributed by atoms with van der Waals surface area (Å²) in [5.41, 5.74) is 0. The summed E-state index contributed by atoms with van der Waals surface area (Å²) in [7, 11) is 0. The minimum absolute atomic E-state index is 0.0608. The van der Waals surface area contributed by atoms with Gasteiger partial charge in [0.2, 0.25) is 0 Å². The molecule has 70 heavy (non-hydrogen) atoms. The third-order valence-electron chi connectivity index (χ3n) is 14.7. The maximum atomic E-state index is 12.3. The predicted octanol–water partition coefficient (Wildman–Crippen LogP) is 21.7. The largest absolute Gasteiger partial charge is 0.462 e. The molecular weight excluding hydrogens is 861 g/mol. The molecule has 1 unspecified atom stereocenters. The number of hydrogen-bond acceptors (Lipinski definition) is 5. The highest BCUT2D eigenvalue weighted by Crippen LogP contribution is 2.18. The lowest BCUT2D eigenvalue weighted by atomic mass is 10.0. The second-order valence-electron chi connectivity index (χ2n) is 21.8. The van der Waals surface area contributed by atoms with Crippen molar-refractivity contribution in [1.29, 1.82) is 0 Å². The van der Waals surface area contributed by atoms with Crippen molar-refractivity contribution in [3.05, 3.63) is 24.3 Å². The lowest BCUT2D eigenvalue weighted by Gasteiger charge is -2.15. The fourth-order valence-electron chi connectivity index (χ4n) is 9.90. The second kappa shape index (κ2) is 61.7. The van der Waals surface area contributed by atoms with Gasteiger partial charge in [-0.1, -0.05) is 308 Å². The number of aliphatic hydroxyl groups excluding tert-OH is 1. The van der Waals surface area contributed by atoms with Gasteiger partial charge in [-0.3, -0.25) is 9.59 Å². The molecule has 5 nitrogen and oxygen atoms in total. The Labute approximate surface area is 438 Å². The van der Waals surface area contributed by atoms with Crippen LogP contribution in [0.25, 0.3) is 0 Å². The van der Waals surface area contributed by atoms with Crippen LogP contribution >= 0.6 is 0 Å². The lowest BCUT2D eigenvalue weighted by molar-refractivity contribution is -0.161. The standard InChI is InChI=1S/C65H124O5/c1-3-5-7-9-11-13-15-17-19-21-23-24-25-26-27-28-29-30-31-32-33-34-35-36-37-38-39-40-42-44-46-48-50-52-54-56-58-60-65(68)70-63(61-66)62-69-64(67)59-57-55-53-51-49-47-45-43-41-22-20-18-16-14-12-10-8-6-4-2/h18,20-21,23,63,66H,3-17,19,22,24-62H2,1-2H3/b20-18-,23-21-. The molecular formula is C65H124O5. The van der Waals surface area contributed by atoms with Crippen molar-refractivity contribution in [2.45, 2.75) is 367 Å². The van der Waals surface area contributed by atoms with Crippen molar-refractivity contribution in [1.82, 2.24) is 0 Å². The van der Waals surface area contributed by atoms with E-state index in [4.69, 9.17) is 9.47 Å². The van der Waals surface area contributed by atoms with Crippen molar-refractivity contribution in [3.8, 4) is 0 Å². The van der Waals surface area contributed by atoms with Crippen molar-refractivity contribution in [2.75, 3.05) is 13.2 Å². The molecule has 414 valence electrons. The van der Waals surface area contributed by atoms with E-state index in [-0.39, 0.29) is 25.2 Å². The third kappa shape index (κ3) is 58.9. The van der Waals surface area contributed by atoms with Gasteiger partial charge >= 0.3 is 11.9 Å². The van der Waals surface area contributed by atoms with Gasteiger partial charge in [-0.25, -0.2) is 0 Å². The van der Waals surface area contributed by atoms with Crippen molar-refractivity contribution in [3.63, 3.8) is 0 Å². The summed E-state index contributed by atoms with van der Waals surface area (Å²) < 4.78 is 10.7. The van der Waals surface area contributed by atoms with Crippen molar-refractivity contribution < 1.29 is 24.2 Å². The number of allylic oxidation sites excluding steroid dienone is 4. The molecule has 5 heteroatoms. The van der Waals surface area contributed by atoms with E-state index in [1.807, 2.05) is 0 Å². The van der Waals surface area contributed by atoms with Gasteiger partial charge in [-0.2, -0.15) is 0 Å². The first-order valence-corrected chi connectivity index (χ1v) is 31.9. The predicted molar refractivity (Wildman–Crippen MR) is 307 cm³/mol. The SMILES string of the molecule is CCCCCCCC/C=C\CCCCCCCCCCCC(=O)OCC(CO)OC(=O)CCCCCCCCCCCCCCCCCCCCCCCCCCC/C=C\CCCCCCCCCC. The van der Waals surface area contributed by atoms with E-state index < -0.39 is 6.10 Å². The van der Waals surface area contributed by atoms with Crippen LogP contribution in [0.15, 0.2) is 24.3 Å². The molecule has 0 aliphatic carbocycles. The Bertz CT molecular complexity index is 1070. The van der Waals surface area contributed by atoms with E-state index in [0.717, 1.165) is 38.5 Å². The van der Waals surface area contributed by atoms with Gasteiger partial charge in [0.1, 0.15) is 6.61 Å². The molecule has 0 heterocycles. The molecule has 0 aliphatic rings. The number of esters is 2. The molecule has 0 spiro atoms. The smallest absolute Gasteiger partial charge is 0.306 e. The average Bonchev–Trinajstić information content (AvgIpc) is 3.36. The normalized spacial score (nSPS) is 12.2. The Kier molecular flexibility index (Phi) is 60.3. The van der Waals surface area contributed by atoms with Crippen LogP contribution < -0.4 is 0 Å². The van der Waals surface area contributed by atoms with Crippen LogP contribution in [0, 0.1) is 0 Å². The molecule has 0 fully saturated rings. The second-order valence-corrected chi connectivity index (χ2v) is 21.8. The van der Waals surface area contributed by atoms with E-state index >= 15 is 0 Å². The maximum absolute atomic E-state index is 12.3. The summed E-state index contributed by atoms with van der Waals surface area (Å²) in [5.74, 6) is -0.572. The first-order chi connectivity index (χ1) is 34.6. The minimum atomic E-state index is -0.769. The topological polar surface area (TPSA) is 72.8 Å². The van der Waals surface area contributed by atoms with Crippen LogP contribution in [0.4, 0.5) is 0 Å². The zero-order valence-corrected chi connectivity index (χ0v) is 47.6. The van der Waals surface area contributed by atoms with E-state index in [0.29, 0.717) is 12.8 Å². The first-order valence-electron chi connectivity index (χ1n) is 31.9. The van der Waals surface area contributed by atoms with Crippen molar-refractivity contribution >= 4 is 11.9 Å². The highest BCUT2D eigenvalue weighted by molar-refractivity contribution is 5.70. The zero-order chi connectivity index (χ0) is 50.6. The third-order valence-corrected chi connectivity index (χ3v) is 14.7. The van der Waals surface area contributed by atoms with Crippen LogP contribution in [0.5, 0.6) is 0 Å². The molecule has 0 saturated heterocycles. The molecule has 1 atom stereocenters. The molecule has 0 aromatic heterocycles. The minimum Gasteiger partial charge on any atom is -0.462 e. The Morgan fingerprint density at radius 2 is 0.529 bits per heavy atom. The summed E-state index contributed by atoms with van der Waals surface area (Å²) in [6.45, 7) is 4.19. The molecule has 0 amide bonds. The maximum Gasteiger partial charge on any atom is 0.306 e.